The molecule has 0 saturated heterocycles. The summed E-state index contributed by atoms with van der Waals surface area (Å²) in [5.74, 6) is -0.129. The van der Waals surface area contributed by atoms with E-state index in [1.54, 1.807) is 7.05 Å². The summed E-state index contributed by atoms with van der Waals surface area (Å²) >= 11 is 3.02. The van der Waals surface area contributed by atoms with Crippen molar-refractivity contribution < 1.29 is 12.8 Å². The zero-order chi connectivity index (χ0) is 14.0. The van der Waals surface area contributed by atoms with Crippen LogP contribution in [0.15, 0.2) is 27.6 Å². The summed E-state index contributed by atoms with van der Waals surface area (Å²) in [6, 6.07) is 3.91. The minimum Gasteiger partial charge on any atom is -0.207 e. The van der Waals surface area contributed by atoms with Crippen LogP contribution in [0, 0.1) is 11.7 Å². The third kappa shape index (κ3) is 3.35. The van der Waals surface area contributed by atoms with Gasteiger partial charge in [0.05, 0.1) is 9.37 Å². The van der Waals surface area contributed by atoms with Crippen LogP contribution in [0.2, 0.25) is 0 Å². The minimum absolute atomic E-state index is 0.00805. The summed E-state index contributed by atoms with van der Waals surface area (Å²) in [5, 5.41) is 0. The highest BCUT2D eigenvalue weighted by molar-refractivity contribution is 9.10. The summed E-state index contributed by atoms with van der Waals surface area (Å²) in [6.07, 6.45) is 4.50. The Bertz CT molecular complexity index is 556. The first-order chi connectivity index (χ1) is 8.91. The van der Waals surface area contributed by atoms with Crippen molar-refractivity contribution in [2.45, 2.75) is 30.6 Å². The average molecular weight is 350 g/mol. The van der Waals surface area contributed by atoms with Gasteiger partial charge in [0, 0.05) is 13.6 Å². The maximum Gasteiger partial charge on any atom is 0.242 e. The van der Waals surface area contributed by atoms with Gasteiger partial charge in [0.25, 0.3) is 0 Å². The molecular weight excluding hydrogens is 333 g/mol. The molecule has 6 heteroatoms. The Kier molecular flexibility index (Phi) is 4.63. The van der Waals surface area contributed by atoms with E-state index in [4.69, 9.17) is 0 Å². The van der Waals surface area contributed by atoms with Gasteiger partial charge in [-0.3, -0.25) is 0 Å². The van der Waals surface area contributed by atoms with Gasteiger partial charge in [0.15, 0.2) is 0 Å². The highest BCUT2D eigenvalue weighted by atomic mass is 79.9. The number of sulfonamides is 1. The lowest BCUT2D eigenvalue weighted by Gasteiger charge is -2.20. The maximum absolute atomic E-state index is 13.4. The summed E-state index contributed by atoms with van der Waals surface area (Å²) in [6.45, 7) is 0.514. The molecule has 0 unspecified atom stereocenters. The number of hydrogen-bond acceptors (Lipinski definition) is 2. The van der Waals surface area contributed by atoms with Crippen LogP contribution in [-0.2, 0) is 10.0 Å². The number of nitrogens with zero attached hydrogens (tertiary/aromatic N) is 1. The zero-order valence-corrected chi connectivity index (χ0v) is 13.2. The molecule has 1 aliphatic rings. The Balaban J connectivity index is 2.18. The molecule has 0 bridgehead atoms. The first-order valence-electron chi connectivity index (χ1n) is 6.32. The van der Waals surface area contributed by atoms with Gasteiger partial charge in [-0.25, -0.2) is 17.1 Å². The van der Waals surface area contributed by atoms with Crippen LogP contribution in [0.1, 0.15) is 25.7 Å². The molecule has 19 heavy (non-hydrogen) atoms. The zero-order valence-electron chi connectivity index (χ0n) is 10.8. The molecule has 1 aromatic rings. The van der Waals surface area contributed by atoms with Gasteiger partial charge in [-0.1, -0.05) is 12.8 Å². The largest absolute Gasteiger partial charge is 0.242 e. The quantitative estimate of drug-likeness (QED) is 0.835. The van der Waals surface area contributed by atoms with E-state index in [9.17, 15) is 12.8 Å². The summed E-state index contributed by atoms with van der Waals surface area (Å²) in [7, 11) is -2.03. The van der Waals surface area contributed by atoms with E-state index in [0.29, 0.717) is 12.5 Å². The molecule has 3 nitrogen and oxygen atoms in total. The molecule has 0 spiro atoms. The maximum atomic E-state index is 13.4. The summed E-state index contributed by atoms with van der Waals surface area (Å²) in [5.41, 5.74) is 0. The van der Waals surface area contributed by atoms with Crippen molar-refractivity contribution in [1.82, 2.24) is 4.31 Å². The van der Waals surface area contributed by atoms with Crippen LogP contribution < -0.4 is 0 Å². The molecular formula is C13H17BrFNO2S. The van der Waals surface area contributed by atoms with Crippen LogP contribution in [-0.4, -0.2) is 26.3 Å². The molecule has 0 N–H and O–H groups in total. The highest BCUT2D eigenvalue weighted by Crippen LogP contribution is 2.27. The predicted octanol–water partition coefficient (Wildman–Crippen LogP) is 3.40. The Hall–Kier alpha value is -0.460. The molecule has 106 valence electrons. The normalized spacial score (nSPS) is 17.3. The second-order valence-electron chi connectivity index (χ2n) is 5.01. The smallest absolute Gasteiger partial charge is 0.207 e. The molecule has 1 aliphatic carbocycles. The van der Waals surface area contributed by atoms with Crippen LogP contribution in [0.4, 0.5) is 4.39 Å². The van der Waals surface area contributed by atoms with Crippen molar-refractivity contribution in [3.63, 3.8) is 0 Å². The minimum atomic E-state index is -3.59. The number of halogens is 2. The van der Waals surface area contributed by atoms with Gasteiger partial charge in [-0.2, -0.15) is 0 Å². The molecule has 0 amide bonds. The molecule has 1 saturated carbocycles. The summed E-state index contributed by atoms with van der Waals surface area (Å²) in [4.78, 5) is 0.00805. The van der Waals surface area contributed by atoms with Crippen molar-refractivity contribution in [1.29, 1.82) is 0 Å². The second kappa shape index (κ2) is 5.89. The van der Waals surface area contributed by atoms with Crippen LogP contribution in [0.5, 0.6) is 0 Å². The van der Waals surface area contributed by atoms with Gasteiger partial charge >= 0.3 is 0 Å². The van der Waals surface area contributed by atoms with Gasteiger partial charge in [0.2, 0.25) is 10.0 Å². The van der Waals surface area contributed by atoms with E-state index in [-0.39, 0.29) is 9.37 Å². The van der Waals surface area contributed by atoms with Crippen LogP contribution >= 0.6 is 15.9 Å². The number of rotatable bonds is 4. The van der Waals surface area contributed by atoms with E-state index in [1.165, 1.54) is 29.3 Å². The fraction of sp³-hybridized carbons (Fsp3) is 0.538. The lowest BCUT2D eigenvalue weighted by molar-refractivity contribution is 0.387. The number of hydrogen-bond donors (Lipinski definition) is 0. The average Bonchev–Trinajstić information content (AvgIpc) is 2.85. The molecule has 0 aliphatic heterocycles. The topological polar surface area (TPSA) is 37.4 Å². The van der Waals surface area contributed by atoms with Crippen molar-refractivity contribution in [3.05, 3.63) is 28.5 Å². The lowest BCUT2D eigenvalue weighted by Crippen LogP contribution is -2.31. The monoisotopic (exact) mass is 349 g/mol. The molecule has 0 heterocycles. The first-order valence-corrected chi connectivity index (χ1v) is 8.56. The lowest BCUT2D eigenvalue weighted by atomic mass is 10.1. The molecule has 0 aromatic heterocycles. The van der Waals surface area contributed by atoms with E-state index >= 15 is 0 Å². The Labute approximate surface area is 122 Å². The van der Waals surface area contributed by atoms with Crippen LogP contribution in [0.25, 0.3) is 0 Å². The van der Waals surface area contributed by atoms with Crippen molar-refractivity contribution in [2.75, 3.05) is 13.6 Å². The molecule has 0 radical (unpaired) electrons. The van der Waals surface area contributed by atoms with E-state index in [1.807, 2.05) is 0 Å². The van der Waals surface area contributed by atoms with Crippen molar-refractivity contribution >= 4 is 26.0 Å². The summed E-state index contributed by atoms with van der Waals surface area (Å²) < 4.78 is 39.7. The van der Waals surface area contributed by atoms with Crippen molar-refractivity contribution in [2.24, 2.45) is 5.92 Å². The predicted molar refractivity (Wildman–Crippen MR) is 75.9 cm³/mol. The molecule has 2 rings (SSSR count). The third-order valence-corrected chi connectivity index (χ3v) is 6.05. The second-order valence-corrected chi connectivity index (χ2v) is 7.91. The molecule has 0 atom stereocenters. The fourth-order valence-electron chi connectivity index (χ4n) is 2.47. The van der Waals surface area contributed by atoms with E-state index in [2.05, 4.69) is 15.9 Å². The van der Waals surface area contributed by atoms with Gasteiger partial charge < -0.3 is 0 Å². The third-order valence-electron chi connectivity index (χ3n) is 3.59. The first kappa shape index (κ1) is 14.9. The number of benzene rings is 1. The van der Waals surface area contributed by atoms with Crippen LogP contribution in [0.3, 0.4) is 0 Å². The Morgan fingerprint density at radius 1 is 1.37 bits per heavy atom. The Morgan fingerprint density at radius 3 is 2.58 bits per heavy atom. The molecule has 1 fully saturated rings. The highest BCUT2D eigenvalue weighted by Gasteiger charge is 2.26. The fourth-order valence-corrected chi connectivity index (χ4v) is 3.98. The standard InChI is InChI=1S/C13H17BrFNO2S/c1-16(9-10-4-2-3-5-10)19(17,18)11-6-7-12(14)13(15)8-11/h6-8,10H,2-5,9H2,1H3. The van der Waals surface area contributed by atoms with E-state index < -0.39 is 15.8 Å². The van der Waals surface area contributed by atoms with Crippen molar-refractivity contribution in [3.8, 4) is 0 Å². The SMILES string of the molecule is CN(CC1CCCC1)S(=O)(=O)c1ccc(Br)c(F)c1. The van der Waals surface area contributed by atoms with Gasteiger partial charge in [-0.15, -0.1) is 0 Å². The van der Waals surface area contributed by atoms with E-state index in [0.717, 1.165) is 18.9 Å². The van der Waals surface area contributed by atoms with Gasteiger partial charge in [0.1, 0.15) is 5.82 Å². The Morgan fingerprint density at radius 2 is 2.00 bits per heavy atom. The van der Waals surface area contributed by atoms with Gasteiger partial charge in [-0.05, 0) is 52.9 Å². The molecule has 1 aromatic carbocycles.